The molecule has 6 heteroatoms. The number of nitriles is 1. The molecule has 0 aliphatic rings. The lowest BCUT2D eigenvalue weighted by atomic mass is 10.1. The average molecular weight is 298 g/mol. The largest absolute Gasteiger partial charge is 0.477 e. The second kappa shape index (κ2) is 6.50. The van der Waals surface area contributed by atoms with Crippen LogP contribution >= 0.6 is 11.3 Å². The highest BCUT2D eigenvalue weighted by Gasteiger charge is 2.12. The van der Waals surface area contributed by atoms with Crippen molar-refractivity contribution < 1.29 is 14.7 Å². The third kappa shape index (κ3) is 3.78. The number of hydrogen-bond donors (Lipinski definition) is 2. The maximum absolute atomic E-state index is 11.7. The van der Waals surface area contributed by atoms with E-state index in [-0.39, 0.29) is 10.6 Å². The van der Waals surface area contributed by atoms with Gasteiger partial charge in [-0.3, -0.25) is 4.79 Å². The third-order valence-electron chi connectivity index (χ3n) is 2.58. The van der Waals surface area contributed by atoms with Gasteiger partial charge in [0, 0.05) is 6.08 Å². The van der Waals surface area contributed by atoms with Gasteiger partial charge in [-0.25, -0.2) is 4.79 Å². The highest BCUT2D eigenvalue weighted by Crippen LogP contribution is 2.22. The van der Waals surface area contributed by atoms with Crippen molar-refractivity contribution in [1.82, 2.24) is 0 Å². The van der Waals surface area contributed by atoms with Crippen LogP contribution in [0.25, 0.3) is 6.08 Å². The molecule has 1 aromatic heterocycles. The standard InChI is InChI=1S/C15H10N2O3S/c16-9-11-3-1-10(2-4-11)5-6-13(18)17-12-7-8-21-14(12)15(19)20/h1-8H,(H,17,18)(H,19,20)/b6-5+. The van der Waals surface area contributed by atoms with Crippen LogP contribution in [-0.4, -0.2) is 17.0 Å². The van der Waals surface area contributed by atoms with Crippen LogP contribution in [0.15, 0.2) is 41.8 Å². The number of aromatic carboxylic acids is 1. The van der Waals surface area contributed by atoms with E-state index in [2.05, 4.69) is 5.32 Å². The second-order valence-corrected chi connectivity index (χ2v) is 4.94. The summed E-state index contributed by atoms with van der Waals surface area (Å²) in [5.41, 5.74) is 1.59. The fourth-order valence-corrected chi connectivity index (χ4v) is 2.28. The number of carboxylic acids is 1. The number of carboxylic acid groups (broad SMARTS) is 1. The van der Waals surface area contributed by atoms with E-state index in [4.69, 9.17) is 10.4 Å². The van der Waals surface area contributed by atoms with Gasteiger partial charge in [0.15, 0.2) is 0 Å². The fourth-order valence-electron chi connectivity index (χ4n) is 1.59. The quantitative estimate of drug-likeness (QED) is 0.849. The van der Waals surface area contributed by atoms with E-state index in [0.29, 0.717) is 5.56 Å². The summed E-state index contributed by atoms with van der Waals surface area (Å²) in [4.78, 5) is 22.8. The number of nitrogens with zero attached hydrogens (tertiary/aromatic N) is 1. The predicted molar refractivity (Wildman–Crippen MR) is 80.1 cm³/mol. The zero-order valence-corrected chi connectivity index (χ0v) is 11.6. The van der Waals surface area contributed by atoms with Crippen LogP contribution in [0.1, 0.15) is 20.8 Å². The van der Waals surface area contributed by atoms with Gasteiger partial charge in [-0.15, -0.1) is 11.3 Å². The Bertz CT molecular complexity index is 739. The Hall–Kier alpha value is -2.91. The van der Waals surface area contributed by atoms with Gasteiger partial charge in [0.1, 0.15) is 4.88 Å². The smallest absolute Gasteiger partial charge is 0.348 e. The van der Waals surface area contributed by atoms with Crippen LogP contribution in [-0.2, 0) is 4.79 Å². The Morgan fingerprint density at radius 2 is 1.95 bits per heavy atom. The molecule has 0 bridgehead atoms. The molecule has 0 atom stereocenters. The zero-order chi connectivity index (χ0) is 15.2. The minimum Gasteiger partial charge on any atom is -0.477 e. The summed E-state index contributed by atoms with van der Waals surface area (Å²) < 4.78 is 0. The van der Waals surface area contributed by atoms with Gasteiger partial charge < -0.3 is 10.4 Å². The van der Waals surface area contributed by atoms with Gasteiger partial charge in [-0.05, 0) is 35.2 Å². The van der Waals surface area contributed by atoms with Crippen molar-refractivity contribution in [3.8, 4) is 6.07 Å². The molecule has 0 radical (unpaired) electrons. The summed E-state index contributed by atoms with van der Waals surface area (Å²) in [7, 11) is 0. The Kier molecular flexibility index (Phi) is 4.49. The van der Waals surface area contributed by atoms with E-state index in [0.717, 1.165) is 16.9 Å². The van der Waals surface area contributed by atoms with Gasteiger partial charge in [-0.2, -0.15) is 5.26 Å². The Morgan fingerprint density at radius 1 is 1.24 bits per heavy atom. The molecule has 0 fully saturated rings. The molecule has 21 heavy (non-hydrogen) atoms. The molecule has 0 spiro atoms. The first-order chi connectivity index (χ1) is 10.1. The molecule has 2 N–H and O–H groups in total. The van der Waals surface area contributed by atoms with Gasteiger partial charge in [0.2, 0.25) is 5.91 Å². The lowest BCUT2D eigenvalue weighted by molar-refractivity contribution is -0.111. The molecule has 1 heterocycles. The number of rotatable bonds is 4. The first kappa shape index (κ1) is 14.5. The maximum atomic E-state index is 11.7. The second-order valence-electron chi connectivity index (χ2n) is 4.02. The third-order valence-corrected chi connectivity index (χ3v) is 3.49. The van der Waals surface area contributed by atoms with Crippen molar-refractivity contribution >= 4 is 35.0 Å². The van der Waals surface area contributed by atoms with Crippen molar-refractivity contribution in [2.24, 2.45) is 0 Å². The molecule has 0 aliphatic heterocycles. The molecule has 0 saturated carbocycles. The monoisotopic (exact) mass is 298 g/mol. The molecular formula is C15H10N2O3S. The molecule has 5 nitrogen and oxygen atoms in total. The van der Waals surface area contributed by atoms with Crippen molar-refractivity contribution in [3.05, 3.63) is 57.8 Å². The molecule has 2 aromatic rings. The number of carbonyl (C=O) groups is 2. The molecule has 1 amide bonds. The van der Waals surface area contributed by atoms with Gasteiger partial charge in [0.25, 0.3) is 0 Å². The van der Waals surface area contributed by atoms with Crippen LogP contribution in [0.3, 0.4) is 0 Å². The van der Waals surface area contributed by atoms with E-state index < -0.39 is 11.9 Å². The number of thiophene rings is 1. The van der Waals surface area contributed by atoms with Crippen LogP contribution < -0.4 is 5.32 Å². The highest BCUT2D eigenvalue weighted by atomic mass is 32.1. The van der Waals surface area contributed by atoms with Crippen molar-refractivity contribution in [2.75, 3.05) is 5.32 Å². The summed E-state index contributed by atoms with van der Waals surface area (Å²) in [6.45, 7) is 0. The normalized spacial score (nSPS) is 10.2. The summed E-state index contributed by atoms with van der Waals surface area (Å²) in [5.74, 6) is -1.49. The minimum absolute atomic E-state index is 0.0927. The molecule has 104 valence electrons. The van der Waals surface area contributed by atoms with Crippen LogP contribution in [0.2, 0.25) is 0 Å². The molecular weight excluding hydrogens is 288 g/mol. The Labute approximate surface area is 124 Å². The maximum Gasteiger partial charge on any atom is 0.348 e. The van der Waals surface area contributed by atoms with Crippen LogP contribution in [0, 0.1) is 11.3 Å². The molecule has 0 saturated heterocycles. The summed E-state index contributed by atoms with van der Waals surface area (Å²) in [6, 6.07) is 10.3. The van der Waals surface area contributed by atoms with Crippen LogP contribution in [0.5, 0.6) is 0 Å². The zero-order valence-electron chi connectivity index (χ0n) is 10.7. The molecule has 0 unspecified atom stereocenters. The summed E-state index contributed by atoms with van der Waals surface area (Å²) in [5, 5.41) is 21.7. The van der Waals surface area contributed by atoms with Gasteiger partial charge in [0.05, 0.1) is 17.3 Å². The van der Waals surface area contributed by atoms with E-state index in [1.165, 1.54) is 6.08 Å². The lowest BCUT2D eigenvalue weighted by Crippen LogP contribution is -2.09. The van der Waals surface area contributed by atoms with Crippen molar-refractivity contribution in [2.45, 2.75) is 0 Å². The number of amides is 1. The summed E-state index contributed by atoms with van der Waals surface area (Å²) >= 11 is 1.05. The number of nitrogens with one attached hydrogen (secondary N) is 1. The molecule has 0 aliphatic carbocycles. The number of anilines is 1. The first-order valence-corrected chi connectivity index (χ1v) is 6.78. The number of hydrogen-bond acceptors (Lipinski definition) is 4. The Morgan fingerprint density at radius 3 is 2.57 bits per heavy atom. The van der Waals surface area contributed by atoms with E-state index >= 15 is 0 Å². The van der Waals surface area contributed by atoms with Gasteiger partial charge in [-0.1, -0.05) is 12.1 Å². The molecule has 2 rings (SSSR count). The first-order valence-electron chi connectivity index (χ1n) is 5.90. The average Bonchev–Trinajstić information content (AvgIpc) is 2.94. The summed E-state index contributed by atoms with van der Waals surface area (Å²) in [6.07, 6.45) is 2.90. The Balaban J connectivity index is 2.04. The topological polar surface area (TPSA) is 90.2 Å². The van der Waals surface area contributed by atoms with E-state index in [9.17, 15) is 9.59 Å². The van der Waals surface area contributed by atoms with Crippen molar-refractivity contribution in [1.29, 1.82) is 5.26 Å². The van der Waals surface area contributed by atoms with Crippen molar-refractivity contribution in [3.63, 3.8) is 0 Å². The van der Waals surface area contributed by atoms with Crippen LogP contribution in [0.4, 0.5) is 5.69 Å². The number of benzene rings is 1. The van der Waals surface area contributed by atoms with E-state index in [1.54, 1.807) is 41.8 Å². The van der Waals surface area contributed by atoms with Gasteiger partial charge >= 0.3 is 5.97 Å². The lowest BCUT2D eigenvalue weighted by Gasteiger charge is -2.00. The highest BCUT2D eigenvalue weighted by molar-refractivity contribution is 7.12. The fraction of sp³-hybridized carbons (Fsp3) is 0. The minimum atomic E-state index is -1.07. The number of carbonyl (C=O) groups excluding carboxylic acids is 1. The predicted octanol–water partition coefficient (Wildman–Crippen LogP) is 2.97. The molecule has 1 aromatic carbocycles. The SMILES string of the molecule is N#Cc1ccc(/C=C/C(=O)Nc2ccsc2C(=O)O)cc1. The van der Waals surface area contributed by atoms with E-state index in [1.807, 2.05) is 6.07 Å².